The molecule has 0 bridgehead atoms. The van der Waals surface area contributed by atoms with Crippen molar-refractivity contribution in [2.45, 2.75) is 111 Å². The lowest BCUT2D eigenvalue weighted by atomic mass is 9.46. The summed E-state index contributed by atoms with van der Waals surface area (Å²) in [5.74, 6) is 4.27. The molecule has 6 atom stereocenters. The number of hydrogen-bond donors (Lipinski definition) is 0. The lowest BCUT2D eigenvalue weighted by molar-refractivity contribution is -0.0478. The standard InChI is InChI=1S/C45H55N3O3/c1-5-6-7-8-9-11-14-31-18-24-38-36-23-17-32-28-40-30(29-45(32,3)39(36)25-26-44(31,38)2)27-37-41(47(40)34-19-21-35(51-4)22-20-34)46-43(50)48(42(37)49)33-15-12-10-13-16-33/h10,12-13,15-16,19-22,27-28,31,36,38-39H,5-9,11,14,17-18,23-26,29H2,1-4H3/t31-,36-,38-,39-,44+,45-/m0/s1. The lowest BCUT2D eigenvalue weighted by Gasteiger charge is -2.58. The first-order chi connectivity index (χ1) is 24.8. The number of fused-ring (bicyclic) bond motifs is 7. The number of rotatable bonds is 10. The number of methoxy groups -OCH3 is 1. The summed E-state index contributed by atoms with van der Waals surface area (Å²) in [6, 6.07) is 19.1. The van der Waals surface area contributed by atoms with Gasteiger partial charge in [-0.15, -0.1) is 0 Å². The number of allylic oxidation sites excluding steroid dienone is 1. The fraction of sp³-hybridized carbons (Fsp3) is 0.533. The number of pyridine rings is 1. The summed E-state index contributed by atoms with van der Waals surface area (Å²) < 4.78 is 8.76. The number of ether oxygens (including phenoxy) is 1. The molecule has 6 aliphatic rings. The molecule has 4 aliphatic carbocycles. The zero-order chi connectivity index (χ0) is 35.3. The molecule has 0 unspecified atom stereocenters. The Morgan fingerprint density at radius 1 is 0.843 bits per heavy atom. The molecular weight excluding hydrogens is 631 g/mol. The van der Waals surface area contributed by atoms with Crippen molar-refractivity contribution in [1.82, 2.24) is 14.1 Å². The smallest absolute Gasteiger partial charge is 0.357 e. The molecule has 0 saturated heterocycles. The molecule has 6 nitrogen and oxygen atoms in total. The Morgan fingerprint density at radius 3 is 2.35 bits per heavy atom. The molecule has 2 aliphatic heterocycles. The van der Waals surface area contributed by atoms with E-state index in [-0.39, 0.29) is 11.0 Å². The van der Waals surface area contributed by atoms with Crippen LogP contribution in [0.25, 0.3) is 28.8 Å². The van der Waals surface area contributed by atoms with Crippen LogP contribution in [0.4, 0.5) is 0 Å². The summed E-state index contributed by atoms with van der Waals surface area (Å²) >= 11 is 0. The van der Waals surface area contributed by atoms with Gasteiger partial charge in [0.2, 0.25) is 0 Å². The van der Waals surface area contributed by atoms with E-state index in [9.17, 15) is 9.59 Å². The second-order valence-corrected chi connectivity index (χ2v) is 16.8. The first-order valence-electron chi connectivity index (χ1n) is 19.9. The van der Waals surface area contributed by atoms with E-state index < -0.39 is 5.69 Å². The van der Waals surface area contributed by atoms with E-state index in [1.807, 2.05) is 42.5 Å². The van der Waals surface area contributed by atoms with Crippen LogP contribution in [0, 0.1) is 34.5 Å². The maximum absolute atomic E-state index is 14.3. The van der Waals surface area contributed by atoms with Crippen molar-refractivity contribution in [1.29, 1.82) is 0 Å². The first-order valence-corrected chi connectivity index (χ1v) is 19.9. The van der Waals surface area contributed by atoms with E-state index in [2.05, 4.69) is 42.5 Å². The zero-order valence-corrected chi connectivity index (χ0v) is 31.1. The second-order valence-electron chi connectivity index (χ2n) is 16.8. The topological polar surface area (TPSA) is 66.1 Å². The molecule has 8 rings (SSSR count). The highest BCUT2D eigenvalue weighted by molar-refractivity contribution is 5.71. The van der Waals surface area contributed by atoms with Gasteiger partial charge in [-0.3, -0.25) is 9.36 Å². The van der Waals surface area contributed by atoms with Crippen molar-refractivity contribution in [3.05, 3.63) is 98.3 Å². The quantitative estimate of drug-likeness (QED) is 0.156. The van der Waals surface area contributed by atoms with Gasteiger partial charge in [-0.05, 0) is 140 Å². The van der Waals surface area contributed by atoms with Crippen molar-refractivity contribution < 1.29 is 4.74 Å². The van der Waals surface area contributed by atoms with Gasteiger partial charge in [0.15, 0.2) is 5.82 Å². The molecule has 0 radical (unpaired) electrons. The monoisotopic (exact) mass is 685 g/mol. The van der Waals surface area contributed by atoms with E-state index in [0.717, 1.165) is 47.7 Å². The molecule has 2 heterocycles. The maximum Gasteiger partial charge on any atom is 0.357 e. The van der Waals surface area contributed by atoms with Crippen LogP contribution in [-0.2, 0) is 6.42 Å². The van der Waals surface area contributed by atoms with E-state index in [1.54, 1.807) is 19.2 Å². The largest absolute Gasteiger partial charge is 0.497 e. The predicted octanol–water partition coefficient (Wildman–Crippen LogP) is 10.0. The molecular formula is C45H55N3O3. The van der Waals surface area contributed by atoms with Crippen molar-refractivity contribution in [2.24, 2.45) is 34.5 Å². The van der Waals surface area contributed by atoms with Crippen LogP contribution >= 0.6 is 0 Å². The van der Waals surface area contributed by atoms with Crippen LogP contribution in [0.2, 0.25) is 0 Å². The highest BCUT2D eigenvalue weighted by atomic mass is 16.5. The van der Waals surface area contributed by atoms with Crippen LogP contribution < -0.4 is 16.0 Å². The van der Waals surface area contributed by atoms with Crippen LogP contribution in [-0.4, -0.2) is 21.2 Å². The molecule has 2 aromatic carbocycles. The van der Waals surface area contributed by atoms with Gasteiger partial charge in [-0.1, -0.05) is 83.1 Å². The molecule has 0 aromatic heterocycles. The van der Waals surface area contributed by atoms with Gasteiger partial charge in [0.1, 0.15) is 5.75 Å². The van der Waals surface area contributed by atoms with E-state index >= 15 is 0 Å². The minimum atomic E-state index is -0.564. The number of unbranched alkanes of at least 4 members (excludes halogenated alkanes) is 5. The average molecular weight is 686 g/mol. The summed E-state index contributed by atoms with van der Waals surface area (Å²) in [6.07, 6.45) is 20.9. The van der Waals surface area contributed by atoms with Crippen LogP contribution in [0.3, 0.4) is 0 Å². The second kappa shape index (κ2) is 13.6. The molecule has 3 saturated carbocycles. The van der Waals surface area contributed by atoms with E-state index in [1.165, 1.54) is 92.8 Å². The van der Waals surface area contributed by atoms with Crippen LogP contribution in [0.15, 0.2) is 75.8 Å². The molecule has 6 heteroatoms. The SMILES string of the molecule is CCCCCCCC[C@H]1CC[C@H]2[C@@H]3CCC4=Cc5c(cc6c(=O)n(-c7ccccc7)c(=O)nc-6n5-c5ccc(OC)cc5)C[C@]4(C)[C@H]3CC[C@]12C. The third-order valence-electron chi connectivity index (χ3n) is 14.2. The highest BCUT2D eigenvalue weighted by Crippen LogP contribution is 2.67. The highest BCUT2D eigenvalue weighted by Gasteiger charge is 2.58. The molecule has 0 spiro atoms. The van der Waals surface area contributed by atoms with Crippen molar-refractivity contribution >= 4 is 6.08 Å². The van der Waals surface area contributed by atoms with Gasteiger partial charge >= 0.3 is 5.69 Å². The third kappa shape index (κ3) is 5.72. The summed E-state index contributed by atoms with van der Waals surface area (Å²) in [6.45, 7) is 7.51. The molecule has 0 N–H and O–H groups in total. The van der Waals surface area contributed by atoms with Gasteiger partial charge in [-0.25, -0.2) is 9.36 Å². The van der Waals surface area contributed by atoms with Crippen LogP contribution in [0.1, 0.15) is 115 Å². The lowest BCUT2D eigenvalue weighted by Crippen LogP contribution is -2.51. The molecule has 51 heavy (non-hydrogen) atoms. The van der Waals surface area contributed by atoms with Gasteiger partial charge in [0, 0.05) is 5.69 Å². The fourth-order valence-electron chi connectivity index (χ4n) is 11.5. The molecule has 2 aromatic rings. The Kier molecular flexibility index (Phi) is 9.09. The first kappa shape index (κ1) is 34.2. The number of nitrogens with zero attached hydrogens (tertiary/aromatic N) is 3. The third-order valence-corrected chi connectivity index (χ3v) is 14.2. The summed E-state index contributed by atoms with van der Waals surface area (Å²) in [5.41, 5.74) is 5.27. The number of para-hydroxylation sites is 1. The Hall–Kier alpha value is -3.93. The normalized spacial score (nSPS) is 28.0. The Morgan fingerprint density at radius 2 is 1.59 bits per heavy atom. The Balaban J connectivity index is 1.17. The van der Waals surface area contributed by atoms with Crippen molar-refractivity contribution in [2.75, 3.05) is 7.11 Å². The minimum absolute atomic E-state index is 0.0460. The van der Waals surface area contributed by atoms with E-state index in [0.29, 0.717) is 28.4 Å². The number of aromatic nitrogens is 3. The minimum Gasteiger partial charge on any atom is -0.497 e. The predicted molar refractivity (Wildman–Crippen MR) is 206 cm³/mol. The van der Waals surface area contributed by atoms with Crippen molar-refractivity contribution in [3.8, 4) is 28.5 Å². The van der Waals surface area contributed by atoms with Crippen LogP contribution in [0.5, 0.6) is 5.75 Å². The zero-order valence-electron chi connectivity index (χ0n) is 31.1. The average Bonchev–Trinajstić information content (AvgIpc) is 3.48. The Labute approximate surface area is 303 Å². The number of benzene rings is 2. The van der Waals surface area contributed by atoms with Crippen molar-refractivity contribution in [3.63, 3.8) is 0 Å². The summed E-state index contributed by atoms with van der Waals surface area (Å²) in [7, 11) is 1.66. The van der Waals surface area contributed by atoms with Gasteiger partial charge < -0.3 is 4.74 Å². The fourth-order valence-corrected chi connectivity index (χ4v) is 11.5. The summed E-state index contributed by atoms with van der Waals surface area (Å²) in [4.78, 5) is 32.5. The maximum atomic E-state index is 14.3. The van der Waals surface area contributed by atoms with Gasteiger partial charge in [-0.2, -0.15) is 4.98 Å². The molecule has 268 valence electrons. The summed E-state index contributed by atoms with van der Waals surface area (Å²) in [5, 5.41) is 0. The van der Waals surface area contributed by atoms with Gasteiger partial charge in [0.05, 0.1) is 24.1 Å². The molecule has 3 fully saturated rings. The van der Waals surface area contributed by atoms with E-state index in [4.69, 9.17) is 4.74 Å². The number of hydrogen-bond acceptors (Lipinski definition) is 4. The Bertz CT molecular complexity index is 2010. The van der Waals surface area contributed by atoms with Gasteiger partial charge in [0.25, 0.3) is 5.56 Å². The molecule has 0 amide bonds.